The third-order valence-corrected chi connectivity index (χ3v) is 3.42. The predicted octanol–water partition coefficient (Wildman–Crippen LogP) is 4.93. The van der Waals surface area contributed by atoms with E-state index in [1.54, 1.807) is 0 Å². The number of rotatable bonds is 5. The predicted molar refractivity (Wildman–Crippen MR) is 81.7 cm³/mol. The van der Waals surface area contributed by atoms with Gasteiger partial charge in [0.1, 0.15) is 11.5 Å². The quantitative estimate of drug-likeness (QED) is 0.714. The molecule has 1 aromatic rings. The first-order chi connectivity index (χ1) is 8.79. The van der Waals surface area contributed by atoms with Gasteiger partial charge in [0.05, 0.1) is 18.1 Å². The van der Waals surface area contributed by atoms with E-state index in [-0.39, 0.29) is 12.2 Å². The summed E-state index contributed by atoms with van der Waals surface area (Å²) in [6.45, 7) is 14.3. The first-order valence-corrected chi connectivity index (χ1v) is 7.34. The summed E-state index contributed by atoms with van der Waals surface area (Å²) < 4.78 is 11.9. The minimum atomic E-state index is 0.135. The van der Waals surface area contributed by atoms with Crippen LogP contribution in [-0.4, -0.2) is 12.2 Å². The molecule has 0 spiro atoms. The normalized spacial score (nSPS) is 11.3. The van der Waals surface area contributed by atoms with Crippen molar-refractivity contribution in [1.29, 1.82) is 0 Å². The zero-order chi connectivity index (χ0) is 14.7. The Balaban J connectivity index is 3.44. The van der Waals surface area contributed by atoms with E-state index in [0.717, 1.165) is 33.8 Å². The molecule has 0 aliphatic rings. The van der Waals surface area contributed by atoms with Crippen LogP contribution in [0.25, 0.3) is 0 Å². The van der Waals surface area contributed by atoms with Crippen LogP contribution in [0.2, 0.25) is 0 Å². The maximum absolute atomic E-state index is 6.12. The molecule has 0 saturated carbocycles. The Morgan fingerprint density at radius 2 is 1.21 bits per heavy atom. The second-order valence-electron chi connectivity index (χ2n) is 5.48. The van der Waals surface area contributed by atoms with E-state index in [2.05, 4.69) is 20.8 Å². The van der Waals surface area contributed by atoms with Crippen molar-refractivity contribution in [2.75, 3.05) is 0 Å². The van der Waals surface area contributed by atoms with Gasteiger partial charge in [-0.3, -0.25) is 0 Å². The average Bonchev–Trinajstić information content (AvgIpc) is 2.31. The van der Waals surface area contributed by atoms with Crippen molar-refractivity contribution >= 4 is 11.6 Å². The molecule has 0 amide bonds. The molecule has 19 heavy (non-hydrogen) atoms. The molecule has 3 heteroatoms. The van der Waals surface area contributed by atoms with E-state index in [9.17, 15) is 0 Å². The lowest BCUT2D eigenvalue weighted by atomic mass is 9.98. The first-order valence-electron chi connectivity index (χ1n) is 6.81. The summed E-state index contributed by atoms with van der Waals surface area (Å²) >= 11 is 6.12. The van der Waals surface area contributed by atoms with Gasteiger partial charge in [0, 0.05) is 5.56 Å². The van der Waals surface area contributed by atoms with E-state index in [1.165, 1.54) is 0 Å². The highest BCUT2D eigenvalue weighted by Crippen LogP contribution is 2.39. The fourth-order valence-corrected chi connectivity index (χ4v) is 2.45. The Morgan fingerprint density at radius 3 is 1.63 bits per heavy atom. The van der Waals surface area contributed by atoms with Crippen molar-refractivity contribution in [1.82, 2.24) is 0 Å². The van der Waals surface area contributed by atoms with Crippen molar-refractivity contribution in [3.8, 4) is 11.5 Å². The van der Waals surface area contributed by atoms with Gasteiger partial charge >= 0.3 is 0 Å². The Hall–Kier alpha value is -0.890. The number of hydrogen-bond donors (Lipinski definition) is 0. The monoisotopic (exact) mass is 284 g/mol. The molecule has 0 radical (unpaired) electrons. The number of hydrogen-bond acceptors (Lipinski definition) is 2. The van der Waals surface area contributed by atoms with Gasteiger partial charge in [0.15, 0.2) is 0 Å². The Bertz CT molecular complexity index is 451. The lowest BCUT2D eigenvalue weighted by Crippen LogP contribution is -2.13. The van der Waals surface area contributed by atoms with E-state index in [1.807, 2.05) is 27.7 Å². The molecule has 0 N–H and O–H groups in total. The van der Waals surface area contributed by atoms with Crippen LogP contribution < -0.4 is 9.47 Å². The highest BCUT2D eigenvalue weighted by molar-refractivity contribution is 6.17. The zero-order valence-electron chi connectivity index (χ0n) is 13.1. The van der Waals surface area contributed by atoms with Gasteiger partial charge in [0.25, 0.3) is 0 Å². The van der Waals surface area contributed by atoms with Crippen LogP contribution in [0.1, 0.15) is 49.9 Å². The molecule has 108 valence electrons. The van der Waals surface area contributed by atoms with Crippen LogP contribution in [0.3, 0.4) is 0 Å². The van der Waals surface area contributed by atoms with Crippen LogP contribution >= 0.6 is 11.6 Å². The molecular weight excluding hydrogens is 260 g/mol. The minimum Gasteiger partial charge on any atom is -0.490 e. The summed E-state index contributed by atoms with van der Waals surface area (Å²) in [4.78, 5) is 0. The fourth-order valence-electron chi connectivity index (χ4n) is 2.12. The van der Waals surface area contributed by atoms with E-state index >= 15 is 0 Å². The zero-order valence-corrected chi connectivity index (χ0v) is 13.8. The molecule has 0 aromatic heterocycles. The summed E-state index contributed by atoms with van der Waals surface area (Å²) in [5.41, 5.74) is 4.37. The maximum Gasteiger partial charge on any atom is 0.127 e. The lowest BCUT2D eigenvalue weighted by molar-refractivity contribution is 0.229. The van der Waals surface area contributed by atoms with Gasteiger partial charge in [-0.15, -0.1) is 11.6 Å². The summed E-state index contributed by atoms with van der Waals surface area (Å²) in [7, 11) is 0. The van der Waals surface area contributed by atoms with E-state index in [4.69, 9.17) is 21.1 Å². The van der Waals surface area contributed by atoms with E-state index in [0.29, 0.717) is 5.88 Å². The van der Waals surface area contributed by atoms with Crippen LogP contribution in [0.4, 0.5) is 0 Å². The summed E-state index contributed by atoms with van der Waals surface area (Å²) in [6.07, 6.45) is 0.285. The molecule has 0 aliphatic heterocycles. The fraction of sp³-hybridized carbons (Fsp3) is 0.625. The van der Waals surface area contributed by atoms with Gasteiger partial charge in [0.2, 0.25) is 0 Å². The third-order valence-electron chi connectivity index (χ3n) is 3.15. The highest BCUT2D eigenvalue weighted by atomic mass is 35.5. The molecule has 0 heterocycles. The summed E-state index contributed by atoms with van der Waals surface area (Å²) in [5.74, 6) is 2.29. The molecule has 1 aromatic carbocycles. The smallest absolute Gasteiger partial charge is 0.127 e. The van der Waals surface area contributed by atoms with Crippen molar-refractivity contribution in [3.63, 3.8) is 0 Å². The molecule has 0 fully saturated rings. The van der Waals surface area contributed by atoms with Crippen molar-refractivity contribution in [2.45, 2.75) is 66.6 Å². The van der Waals surface area contributed by atoms with Crippen molar-refractivity contribution in [3.05, 3.63) is 22.3 Å². The largest absolute Gasteiger partial charge is 0.490 e. The van der Waals surface area contributed by atoms with Crippen LogP contribution in [0.5, 0.6) is 11.5 Å². The Labute approximate surface area is 122 Å². The van der Waals surface area contributed by atoms with Crippen LogP contribution in [0.15, 0.2) is 0 Å². The molecule has 0 atom stereocenters. The van der Waals surface area contributed by atoms with Crippen LogP contribution in [-0.2, 0) is 5.88 Å². The minimum absolute atomic E-state index is 0.135. The van der Waals surface area contributed by atoms with Crippen LogP contribution in [0, 0.1) is 20.8 Å². The molecule has 0 aliphatic carbocycles. The third kappa shape index (κ3) is 3.56. The van der Waals surface area contributed by atoms with Crippen molar-refractivity contribution < 1.29 is 9.47 Å². The first kappa shape index (κ1) is 16.2. The Morgan fingerprint density at radius 1 is 0.789 bits per heavy atom. The van der Waals surface area contributed by atoms with Gasteiger partial charge in [-0.25, -0.2) is 0 Å². The number of alkyl halides is 1. The number of benzene rings is 1. The molecule has 0 bridgehead atoms. The van der Waals surface area contributed by atoms with Gasteiger partial charge in [-0.05, 0) is 65.2 Å². The number of halogens is 1. The second kappa shape index (κ2) is 6.51. The highest BCUT2D eigenvalue weighted by Gasteiger charge is 2.20. The summed E-state index contributed by atoms with van der Waals surface area (Å²) in [5, 5.41) is 0. The molecule has 1 rings (SSSR count). The van der Waals surface area contributed by atoms with Gasteiger partial charge < -0.3 is 9.47 Å². The average molecular weight is 285 g/mol. The summed E-state index contributed by atoms with van der Waals surface area (Å²) in [6, 6.07) is 0. The molecular formula is C16H25ClO2. The molecule has 0 unspecified atom stereocenters. The molecule has 0 saturated heterocycles. The number of ether oxygens (including phenoxy) is 2. The standard InChI is InChI=1S/C16H25ClO2/c1-9(2)18-15-11(5)12(6)16(19-10(3)4)14(8-17)13(15)7/h9-10H,8H2,1-7H3. The lowest BCUT2D eigenvalue weighted by Gasteiger charge is -2.24. The van der Waals surface area contributed by atoms with Crippen molar-refractivity contribution in [2.24, 2.45) is 0 Å². The van der Waals surface area contributed by atoms with Gasteiger partial charge in [-0.2, -0.15) is 0 Å². The molecule has 2 nitrogen and oxygen atoms in total. The maximum atomic E-state index is 6.12. The second-order valence-corrected chi connectivity index (χ2v) is 5.75. The topological polar surface area (TPSA) is 18.5 Å². The van der Waals surface area contributed by atoms with Gasteiger partial charge in [-0.1, -0.05) is 0 Å². The van der Waals surface area contributed by atoms with E-state index < -0.39 is 0 Å². The Kier molecular flexibility index (Phi) is 5.54. The SMILES string of the molecule is Cc1c(C)c(OC(C)C)c(CCl)c(C)c1OC(C)C.